The Kier molecular flexibility index (Phi) is 5.14. The Labute approximate surface area is 163 Å². The smallest absolute Gasteiger partial charge is 0.165 e. The van der Waals surface area contributed by atoms with E-state index in [1.54, 1.807) is 19.2 Å². The van der Waals surface area contributed by atoms with Crippen molar-refractivity contribution < 1.29 is 9.84 Å². The van der Waals surface area contributed by atoms with E-state index in [0.717, 1.165) is 49.3 Å². The van der Waals surface area contributed by atoms with Crippen LogP contribution in [0.3, 0.4) is 0 Å². The molecular weight excluding hydrogens is 362 g/mol. The van der Waals surface area contributed by atoms with Gasteiger partial charge in [-0.2, -0.15) is 0 Å². The van der Waals surface area contributed by atoms with Crippen LogP contribution in [-0.2, 0) is 4.74 Å². The number of phenols is 1. The van der Waals surface area contributed by atoms with Gasteiger partial charge >= 0.3 is 0 Å². The Morgan fingerprint density at radius 2 is 2.07 bits per heavy atom. The first kappa shape index (κ1) is 18.0. The Bertz CT molecular complexity index is 961. The zero-order valence-corrected chi connectivity index (χ0v) is 16.0. The minimum atomic E-state index is 0.167. The average molecular weight is 384 g/mol. The fraction of sp³-hybridized carbons (Fsp3) is 0.333. The molecule has 1 unspecified atom stereocenters. The predicted molar refractivity (Wildman–Crippen MR) is 108 cm³/mol. The number of para-hydroxylation sites is 1. The number of ether oxygens (including phenoxy) is 1. The molecule has 1 N–H and O–H groups in total. The predicted octanol–water partition coefficient (Wildman–Crippen LogP) is 4.52. The third kappa shape index (κ3) is 3.70. The standard InChI is InChI=1S/C21H22ClN3O2/c1-27-13-14-5-4-10-25(12-14)21-16-9-8-15(22)11-18(16)23-20(24-21)17-6-2-3-7-19(17)26/h2-3,6-9,11,14,26H,4-5,10,12-13H2,1H3. The minimum Gasteiger partial charge on any atom is -0.507 e. The van der Waals surface area contributed by atoms with Gasteiger partial charge in [0.15, 0.2) is 5.82 Å². The Morgan fingerprint density at radius 1 is 1.22 bits per heavy atom. The highest BCUT2D eigenvalue weighted by Crippen LogP contribution is 2.34. The molecule has 27 heavy (non-hydrogen) atoms. The third-order valence-electron chi connectivity index (χ3n) is 5.00. The molecular formula is C21H22ClN3O2. The van der Waals surface area contributed by atoms with Gasteiger partial charge in [-0.15, -0.1) is 0 Å². The number of nitrogens with zero attached hydrogens (tertiary/aromatic N) is 3. The summed E-state index contributed by atoms with van der Waals surface area (Å²) in [6, 6.07) is 12.8. The second-order valence-corrected chi connectivity index (χ2v) is 7.40. The summed E-state index contributed by atoms with van der Waals surface area (Å²) in [5, 5.41) is 11.9. The molecule has 1 aliphatic heterocycles. The first-order valence-corrected chi connectivity index (χ1v) is 9.53. The number of phenolic OH excluding ortho intramolecular Hbond substituents is 1. The number of hydrogen-bond acceptors (Lipinski definition) is 5. The fourth-order valence-corrected chi connectivity index (χ4v) is 3.91. The van der Waals surface area contributed by atoms with Crippen molar-refractivity contribution in [2.24, 2.45) is 5.92 Å². The van der Waals surface area contributed by atoms with Crippen LogP contribution in [0.1, 0.15) is 12.8 Å². The molecule has 0 aliphatic carbocycles. The van der Waals surface area contributed by atoms with Crippen molar-refractivity contribution >= 4 is 28.3 Å². The molecule has 3 aromatic rings. The van der Waals surface area contributed by atoms with Crippen molar-refractivity contribution in [3.8, 4) is 17.1 Å². The maximum atomic E-state index is 10.3. The number of rotatable bonds is 4. The monoisotopic (exact) mass is 383 g/mol. The summed E-state index contributed by atoms with van der Waals surface area (Å²) in [6.45, 7) is 2.58. The quantitative estimate of drug-likeness (QED) is 0.717. The summed E-state index contributed by atoms with van der Waals surface area (Å²) in [4.78, 5) is 11.8. The third-order valence-corrected chi connectivity index (χ3v) is 5.24. The molecule has 5 nitrogen and oxygen atoms in total. The number of halogens is 1. The van der Waals surface area contributed by atoms with Gasteiger partial charge in [0.2, 0.25) is 0 Å². The Balaban J connectivity index is 1.84. The molecule has 0 radical (unpaired) electrons. The lowest BCUT2D eigenvalue weighted by Crippen LogP contribution is -2.37. The highest BCUT2D eigenvalue weighted by Gasteiger charge is 2.24. The van der Waals surface area contributed by atoms with Crippen LogP contribution in [-0.4, -0.2) is 41.9 Å². The fourth-order valence-electron chi connectivity index (χ4n) is 3.74. The number of aromatic hydroxyl groups is 1. The topological polar surface area (TPSA) is 58.5 Å². The minimum absolute atomic E-state index is 0.167. The van der Waals surface area contributed by atoms with Gasteiger partial charge in [-0.05, 0) is 49.1 Å². The summed E-state index contributed by atoms with van der Waals surface area (Å²) in [5.41, 5.74) is 1.39. The molecule has 1 aromatic heterocycles. The van der Waals surface area contributed by atoms with Crippen LogP contribution < -0.4 is 4.90 Å². The van der Waals surface area contributed by atoms with E-state index in [9.17, 15) is 5.11 Å². The van der Waals surface area contributed by atoms with Crippen molar-refractivity contribution in [2.45, 2.75) is 12.8 Å². The molecule has 0 saturated carbocycles. The van der Waals surface area contributed by atoms with E-state index < -0.39 is 0 Å². The second kappa shape index (κ2) is 7.71. The van der Waals surface area contributed by atoms with Crippen molar-refractivity contribution in [3.05, 3.63) is 47.5 Å². The van der Waals surface area contributed by atoms with Gasteiger partial charge in [0, 0.05) is 30.6 Å². The number of anilines is 1. The Hall–Kier alpha value is -2.37. The molecule has 1 atom stereocenters. The van der Waals surface area contributed by atoms with Gasteiger partial charge in [0.05, 0.1) is 17.7 Å². The van der Waals surface area contributed by atoms with Gasteiger partial charge in [-0.3, -0.25) is 0 Å². The van der Waals surface area contributed by atoms with Gasteiger partial charge in [0.25, 0.3) is 0 Å². The number of aromatic nitrogens is 2. The van der Waals surface area contributed by atoms with Crippen LogP contribution in [0.2, 0.25) is 5.02 Å². The van der Waals surface area contributed by atoms with Gasteiger partial charge in [-0.25, -0.2) is 9.97 Å². The zero-order chi connectivity index (χ0) is 18.8. The lowest BCUT2D eigenvalue weighted by atomic mass is 9.98. The molecule has 0 amide bonds. The van der Waals surface area contributed by atoms with Crippen molar-refractivity contribution in [3.63, 3.8) is 0 Å². The summed E-state index contributed by atoms with van der Waals surface area (Å²) >= 11 is 6.21. The molecule has 0 spiro atoms. The van der Waals surface area contributed by atoms with Crippen LogP contribution in [0, 0.1) is 5.92 Å². The SMILES string of the molecule is COCC1CCCN(c2nc(-c3ccccc3O)nc3cc(Cl)ccc23)C1. The normalized spacial score (nSPS) is 17.4. The summed E-state index contributed by atoms with van der Waals surface area (Å²) in [5.74, 6) is 2.04. The van der Waals surface area contributed by atoms with Gasteiger partial charge in [0.1, 0.15) is 11.6 Å². The molecule has 1 aliphatic rings. The number of benzene rings is 2. The van der Waals surface area contributed by atoms with E-state index >= 15 is 0 Å². The first-order valence-electron chi connectivity index (χ1n) is 9.15. The van der Waals surface area contributed by atoms with Crippen LogP contribution in [0.4, 0.5) is 5.82 Å². The number of piperidine rings is 1. The van der Waals surface area contributed by atoms with E-state index in [2.05, 4.69) is 9.88 Å². The van der Waals surface area contributed by atoms with Gasteiger partial charge < -0.3 is 14.7 Å². The summed E-state index contributed by atoms with van der Waals surface area (Å²) in [7, 11) is 1.75. The zero-order valence-electron chi connectivity index (χ0n) is 15.2. The van der Waals surface area contributed by atoms with E-state index in [1.807, 2.05) is 30.3 Å². The first-order chi connectivity index (χ1) is 13.2. The molecule has 4 rings (SSSR count). The van der Waals surface area contributed by atoms with Crippen LogP contribution in [0.15, 0.2) is 42.5 Å². The molecule has 2 aromatic carbocycles. The second-order valence-electron chi connectivity index (χ2n) is 6.96. The largest absolute Gasteiger partial charge is 0.507 e. The maximum Gasteiger partial charge on any atom is 0.165 e. The van der Waals surface area contributed by atoms with Crippen LogP contribution in [0.25, 0.3) is 22.3 Å². The van der Waals surface area contributed by atoms with Crippen molar-refractivity contribution in [2.75, 3.05) is 31.7 Å². The van der Waals surface area contributed by atoms with Gasteiger partial charge in [-0.1, -0.05) is 23.7 Å². The molecule has 6 heteroatoms. The van der Waals surface area contributed by atoms with Crippen LogP contribution >= 0.6 is 11.6 Å². The molecule has 1 fully saturated rings. The number of methoxy groups -OCH3 is 1. The van der Waals surface area contributed by atoms with E-state index in [4.69, 9.17) is 21.3 Å². The van der Waals surface area contributed by atoms with E-state index in [0.29, 0.717) is 22.3 Å². The maximum absolute atomic E-state index is 10.3. The highest BCUT2D eigenvalue weighted by molar-refractivity contribution is 6.31. The van der Waals surface area contributed by atoms with E-state index in [-0.39, 0.29) is 5.75 Å². The molecule has 2 heterocycles. The summed E-state index contributed by atoms with van der Waals surface area (Å²) in [6.07, 6.45) is 2.25. The van der Waals surface area contributed by atoms with Crippen molar-refractivity contribution in [1.82, 2.24) is 9.97 Å². The number of hydrogen-bond donors (Lipinski definition) is 1. The lowest BCUT2D eigenvalue weighted by Gasteiger charge is -2.34. The van der Waals surface area contributed by atoms with Crippen molar-refractivity contribution in [1.29, 1.82) is 0 Å². The lowest BCUT2D eigenvalue weighted by molar-refractivity contribution is 0.143. The van der Waals surface area contributed by atoms with Crippen LogP contribution in [0.5, 0.6) is 5.75 Å². The Morgan fingerprint density at radius 3 is 2.89 bits per heavy atom. The highest BCUT2D eigenvalue weighted by atomic mass is 35.5. The number of fused-ring (bicyclic) bond motifs is 1. The molecule has 1 saturated heterocycles. The molecule has 0 bridgehead atoms. The average Bonchev–Trinajstić information content (AvgIpc) is 2.68. The molecule has 140 valence electrons. The van der Waals surface area contributed by atoms with E-state index in [1.165, 1.54) is 0 Å². The summed E-state index contributed by atoms with van der Waals surface area (Å²) < 4.78 is 5.37.